The summed E-state index contributed by atoms with van der Waals surface area (Å²) in [6.07, 6.45) is 7.57. The second kappa shape index (κ2) is 10.4. The molecule has 1 unspecified atom stereocenters. The van der Waals surface area contributed by atoms with Crippen LogP contribution >= 0.6 is 0 Å². The molecular formula is C27H31N9O. The Morgan fingerprint density at radius 3 is 2.54 bits per heavy atom. The number of carbonyl (C=O) groups is 1. The average Bonchev–Trinajstić information content (AvgIpc) is 3.38. The molecule has 6 N–H and O–H groups in total. The number of nitrogens with two attached hydrogens (primary N) is 2. The average molecular weight is 498 g/mol. The lowest BCUT2D eigenvalue weighted by Gasteiger charge is -2.30. The van der Waals surface area contributed by atoms with Crippen molar-refractivity contribution in [3.8, 4) is 22.4 Å². The van der Waals surface area contributed by atoms with E-state index in [1.807, 2.05) is 55.6 Å². The highest BCUT2D eigenvalue weighted by Gasteiger charge is 2.30. The lowest BCUT2D eigenvalue weighted by Crippen LogP contribution is -2.32. The Hall–Kier alpha value is -4.18. The van der Waals surface area contributed by atoms with Crippen LogP contribution in [0.3, 0.4) is 0 Å². The number of aromatic nitrogens is 4. The van der Waals surface area contributed by atoms with E-state index < -0.39 is 6.04 Å². The number of nitrogen functional groups attached to an aromatic ring is 1. The van der Waals surface area contributed by atoms with Crippen molar-refractivity contribution >= 4 is 17.4 Å². The first-order chi connectivity index (χ1) is 18.0. The van der Waals surface area contributed by atoms with Crippen molar-refractivity contribution in [3.63, 3.8) is 0 Å². The molecule has 1 atom stereocenters. The maximum Gasteiger partial charge on any atom is 0.234 e. The lowest BCUT2D eigenvalue weighted by molar-refractivity contribution is -0.122. The number of fused-ring (bicyclic) bond motifs is 1. The second-order valence-corrected chi connectivity index (χ2v) is 9.68. The van der Waals surface area contributed by atoms with E-state index in [4.69, 9.17) is 22.1 Å². The van der Waals surface area contributed by atoms with E-state index >= 15 is 0 Å². The molecule has 1 amide bonds. The van der Waals surface area contributed by atoms with Crippen molar-refractivity contribution in [1.82, 2.24) is 25.0 Å². The van der Waals surface area contributed by atoms with Gasteiger partial charge in [0.15, 0.2) is 5.65 Å². The summed E-state index contributed by atoms with van der Waals surface area (Å²) < 4.78 is 1.64. The number of amides is 1. The summed E-state index contributed by atoms with van der Waals surface area (Å²) in [5, 5.41) is 8.30. The van der Waals surface area contributed by atoms with Crippen LogP contribution in [0.5, 0.6) is 0 Å². The van der Waals surface area contributed by atoms with Crippen molar-refractivity contribution in [3.05, 3.63) is 66.1 Å². The van der Waals surface area contributed by atoms with E-state index in [1.54, 1.807) is 10.7 Å². The third-order valence-electron chi connectivity index (χ3n) is 7.37. The van der Waals surface area contributed by atoms with Crippen LogP contribution in [0, 0.1) is 11.4 Å². The fraction of sp³-hybridized carbons (Fsp3) is 0.333. The molecule has 4 aromatic rings. The molecule has 10 heteroatoms. The maximum absolute atomic E-state index is 11.7. The fourth-order valence-corrected chi connectivity index (χ4v) is 5.35. The van der Waals surface area contributed by atoms with Gasteiger partial charge in [-0.05, 0) is 44.6 Å². The number of pyridine rings is 1. The van der Waals surface area contributed by atoms with E-state index in [0.717, 1.165) is 59.3 Å². The summed E-state index contributed by atoms with van der Waals surface area (Å²) >= 11 is 0. The zero-order valence-corrected chi connectivity index (χ0v) is 20.8. The summed E-state index contributed by atoms with van der Waals surface area (Å²) in [6, 6.07) is 13.6. The molecule has 3 aromatic heterocycles. The predicted octanol–water partition coefficient (Wildman–Crippen LogP) is 4.79. The number of nitrogens with zero attached hydrogens (tertiary/aromatic N) is 5. The van der Waals surface area contributed by atoms with Gasteiger partial charge < -0.3 is 5.73 Å². The van der Waals surface area contributed by atoms with Crippen molar-refractivity contribution < 1.29 is 4.79 Å². The van der Waals surface area contributed by atoms with Crippen LogP contribution in [0.1, 0.15) is 62.2 Å². The molecule has 1 aromatic carbocycles. The highest BCUT2D eigenvalue weighted by atomic mass is 16.2. The SMILES string of the molecule is CC(N=N)c1c(C2CCC(CC(=O)NN)CC2)nc2c(-c3ccc(-c4ccccc4)nc3)cnn2c1N. The summed E-state index contributed by atoms with van der Waals surface area (Å²) in [5.74, 6) is 6.04. The smallest absolute Gasteiger partial charge is 0.234 e. The largest absolute Gasteiger partial charge is 0.383 e. The summed E-state index contributed by atoms with van der Waals surface area (Å²) in [4.78, 5) is 21.5. The van der Waals surface area contributed by atoms with Crippen LogP contribution < -0.4 is 17.0 Å². The molecule has 0 spiro atoms. The van der Waals surface area contributed by atoms with Crippen molar-refractivity contribution in [2.24, 2.45) is 16.9 Å². The van der Waals surface area contributed by atoms with Crippen LogP contribution in [0.4, 0.5) is 5.82 Å². The molecule has 190 valence electrons. The topological polar surface area (TPSA) is 160 Å². The molecule has 3 heterocycles. The standard InChI is InChI=1S/C27H31N9O/c1-16(34-29)24-25(19-9-7-17(8-10-19)13-23(37)35-30)33-27-21(15-32-36(27)26(24)28)20-11-12-22(31-14-20)18-5-3-2-4-6-18/h2-6,11-12,14-17,19,29H,7-10,13,28,30H2,1H3,(H,35,37). The Morgan fingerprint density at radius 2 is 1.89 bits per heavy atom. The van der Waals surface area contributed by atoms with E-state index in [9.17, 15) is 4.79 Å². The van der Waals surface area contributed by atoms with Gasteiger partial charge in [0, 0.05) is 40.8 Å². The van der Waals surface area contributed by atoms with Gasteiger partial charge in [-0.25, -0.2) is 16.4 Å². The van der Waals surface area contributed by atoms with Crippen LogP contribution in [-0.2, 0) is 4.79 Å². The first kappa shape index (κ1) is 24.5. The van der Waals surface area contributed by atoms with Gasteiger partial charge in [0.2, 0.25) is 5.91 Å². The summed E-state index contributed by atoms with van der Waals surface area (Å²) in [5.41, 5.74) is 22.5. The van der Waals surface area contributed by atoms with E-state index in [1.165, 1.54) is 0 Å². The van der Waals surface area contributed by atoms with E-state index in [0.29, 0.717) is 23.8 Å². The molecule has 1 aliphatic rings. The van der Waals surface area contributed by atoms with Crippen LogP contribution in [0.25, 0.3) is 28.0 Å². The maximum atomic E-state index is 11.7. The minimum Gasteiger partial charge on any atom is -0.383 e. The van der Waals surface area contributed by atoms with Gasteiger partial charge in [-0.3, -0.25) is 15.2 Å². The Morgan fingerprint density at radius 1 is 1.14 bits per heavy atom. The van der Waals surface area contributed by atoms with Gasteiger partial charge >= 0.3 is 0 Å². The zero-order valence-electron chi connectivity index (χ0n) is 20.8. The first-order valence-corrected chi connectivity index (χ1v) is 12.5. The van der Waals surface area contributed by atoms with E-state index in [-0.39, 0.29) is 11.8 Å². The molecule has 10 nitrogen and oxygen atoms in total. The number of nitrogens with one attached hydrogen (secondary N) is 2. The molecule has 0 radical (unpaired) electrons. The number of hydrogen-bond acceptors (Lipinski definition) is 8. The van der Waals surface area contributed by atoms with Gasteiger partial charge in [-0.15, -0.1) is 0 Å². The molecule has 1 fully saturated rings. The molecule has 1 saturated carbocycles. The van der Waals surface area contributed by atoms with Crippen molar-refractivity contribution in [2.45, 2.75) is 51.0 Å². The van der Waals surface area contributed by atoms with Gasteiger partial charge in [0.25, 0.3) is 0 Å². The molecule has 1 aliphatic carbocycles. The van der Waals surface area contributed by atoms with Gasteiger partial charge in [0.05, 0.1) is 23.6 Å². The Balaban J connectivity index is 1.51. The number of rotatable bonds is 7. The summed E-state index contributed by atoms with van der Waals surface area (Å²) in [6.45, 7) is 1.85. The highest BCUT2D eigenvalue weighted by Crippen LogP contribution is 2.42. The number of hydrazine groups is 1. The third-order valence-corrected chi connectivity index (χ3v) is 7.37. The van der Waals surface area contributed by atoms with Gasteiger partial charge in [0.1, 0.15) is 5.82 Å². The number of carbonyl (C=O) groups excluding carboxylic acids is 1. The third kappa shape index (κ3) is 4.79. The van der Waals surface area contributed by atoms with Crippen LogP contribution in [-0.4, -0.2) is 25.5 Å². The Kier molecular flexibility index (Phi) is 6.91. The molecule has 0 bridgehead atoms. The minimum atomic E-state index is -0.438. The first-order valence-electron chi connectivity index (χ1n) is 12.5. The molecule has 0 aliphatic heterocycles. The van der Waals surface area contributed by atoms with Crippen molar-refractivity contribution in [2.75, 3.05) is 5.73 Å². The number of anilines is 1. The summed E-state index contributed by atoms with van der Waals surface area (Å²) in [7, 11) is 0. The quantitative estimate of drug-likeness (QED) is 0.124. The number of benzene rings is 1. The number of hydrogen-bond donors (Lipinski definition) is 4. The molecule has 0 saturated heterocycles. The van der Waals surface area contributed by atoms with E-state index in [2.05, 4.69) is 20.6 Å². The molecule has 37 heavy (non-hydrogen) atoms. The minimum absolute atomic E-state index is 0.134. The lowest BCUT2D eigenvalue weighted by atomic mass is 9.77. The Labute approximate surface area is 215 Å². The normalized spacial score (nSPS) is 18.4. The van der Waals surface area contributed by atoms with Crippen LogP contribution in [0.2, 0.25) is 0 Å². The Bertz CT molecular complexity index is 1410. The van der Waals surface area contributed by atoms with Crippen LogP contribution in [0.15, 0.2) is 60.0 Å². The molecule has 5 rings (SSSR count). The molecular weight excluding hydrogens is 466 g/mol. The van der Waals surface area contributed by atoms with Crippen molar-refractivity contribution in [1.29, 1.82) is 5.53 Å². The fourth-order valence-electron chi connectivity index (χ4n) is 5.35. The van der Waals surface area contributed by atoms with Gasteiger partial charge in [-0.2, -0.15) is 14.7 Å². The highest BCUT2D eigenvalue weighted by molar-refractivity contribution is 5.79. The second-order valence-electron chi connectivity index (χ2n) is 9.68. The van der Waals surface area contributed by atoms with Gasteiger partial charge in [-0.1, -0.05) is 36.4 Å². The zero-order chi connectivity index (χ0) is 25.9. The predicted molar refractivity (Wildman–Crippen MR) is 141 cm³/mol. The monoisotopic (exact) mass is 497 g/mol.